The molecule has 0 amide bonds. The van der Waals surface area contributed by atoms with E-state index in [0.717, 1.165) is 16.9 Å². The van der Waals surface area contributed by atoms with Gasteiger partial charge in [0.15, 0.2) is 5.96 Å². The van der Waals surface area contributed by atoms with Gasteiger partial charge in [-0.25, -0.2) is 4.99 Å². The van der Waals surface area contributed by atoms with E-state index >= 15 is 0 Å². The van der Waals surface area contributed by atoms with Gasteiger partial charge in [-0.3, -0.25) is 0 Å². The molecule has 1 aliphatic rings. The van der Waals surface area contributed by atoms with E-state index in [1.807, 2.05) is 13.0 Å². The Hall–Kier alpha value is -1.71. The van der Waals surface area contributed by atoms with E-state index in [1.54, 1.807) is 0 Å². The second-order valence-electron chi connectivity index (χ2n) is 5.71. The topological polar surface area (TPSA) is 59.6 Å². The second kappa shape index (κ2) is 7.91. The van der Waals surface area contributed by atoms with Crippen LogP contribution in [-0.2, 0) is 6.54 Å². The molecule has 0 atom stereocenters. The van der Waals surface area contributed by atoms with Gasteiger partial charge in [0.05, 0.1) is 13.2 Å². The maximum Gasteiger partial charge on any atom is 0.189 e. The van der Waals surface area contributed by atoms with Crippen molar-refractivity contribution < 1.29 is 4.74 Å². The fourth-order valence-corrected chi connectivity index (χ4v) is 2.81. The summed E-state index contributed by atoms with van der Waals surface area (Å²) < 4.78 is 5.54. The molecule has 1 fully saturated rings. The minimum Gasteiger partial charge on any atom is -0.494 e. The van der Waals surface area contributed by atoms with Crippen LogP contribution in [0.5, 0.6) is 5.75 Å². The number of nitrogens with zero attached hydrogens (tertiary/aromatic N) is 1. The normalized spacial score (nSPS) is 16.8. The third kappa shape index (κ3) is 4.96. The van der Waals surface area contributed by atoms with Crippen LogP contribution in [0.15, 0.2) is 23.2 Å². The molecule has 0 spiro atoms. The van der Waals surface area contributed by atoms with Gasteiger partial charge in [0.1, 0.15) is 5.75 Å². The second-order valence-corrected chi connectivity index (χ2v) is 5.71. The molecular formula is C17H27N3O. The average molecular weight is 289 g/mol. The maximum absolute atomic E-state index is 5.98. The highest BCUT2D eigenvalue weighted by Crippen LogP contribution is 2.20. The SMILES string of the molecule is CCOc1ccc(CN=C(N)NC2CCCCC2)cc1C. The summed E-state index contributed by atoms with van der Waals surface area (Å²) in [5.41, 5.74) is 8.28. The summed E-state index contributed by atoms with van der Waals surface area (Å²) in [7, 11) is 0. The molecule has 21 heavy (non-hydrogen) atoms. The molecule has 0 aromatic heterocycles. The summed E-state index contributed by atoms with van der Waals surface area (Å²) >= 11 is 0. The number of rotatable bonds is 5. The molecule has 0 saturated heterocycles. The number of nitrogens with one attached hydrogen (secondary N) is 1. The number of nitrogens with two attached hydrogens (primary N) is 1. The number of guanidine groups is 1. The lowest BCUT2D eigenvalue weighted by atomic mass is 9.96. The first-order chi connectivity index (χ1) is 10.2. The smallest absolute Gasteiger partial charge is 0.189 e. The van der Waals surface area contributed by atoms with Crippen LogP contribution >= 0.6 is 0 Å². The number of ether oxygens (including phenoxy) is 1. The zero-order valence-electron chi connectivity index (χ0n) is 13.2. The van der Waals surface area contributed by atoms with E-state index in [1.165, 1.54) is 32.1 Å². The van der Waals surface area contributed by atoms with Crippen molar-refractivity contribution in [1.82, 2.24) is 5.32 Å². The van der Waals surface area contributed by atoms with Crippen LogP contribution in [-0.4, -0.2) is 18.6 Å². The highest BCUT2D eigenvalue weighted by molar-refractivity contribution is 5.78. The van der Waals surface area contributed by atoms with Gasteiger partial charge in [0, 0.05) is 6.04 Å². The van der Waals surface area contributed by atoms with Crippen LogP contribution in [0.2, 0.25) is 0 Å². The molecule has 0 unspecified atom stereocenters. The first kappa shape index (κ1) is 15.7. The molecule has 0 radical (unpaired) electrons. The van der Waals surface area contributed by atoms with Gasteiger partial charge < -0.3 is 15.8 Å². The summed E-state index contributed by atoms with van der Waals surface area (Å²) in [5, 5.41) is 3.34. The van der Waals surface area contributed by atoms with Gasteiger partial charge in [-0.1, -0.05) is 31.4 Å². The quantitative estimate of drug-likeness (QED) is 0.646. The van der Waals surface area contributed by atoms with Gasteiger partial charge in [-0.05, 0) is 43.9 Å². The first-order valence-electron chi connectivity index (χ1n) is 7.98. The van der Waals surface area contributed by atoms with Gasteiger partial charge in [-0.2, -0.15) is 0 Å². The van der Waals surface area contributed by atoms with Crippen LogP contribution in [0.25, 0.3) is 0 Å². The molecule has 2 rings (SSSR count). The first-order valence-corrected chi connectivity index (χ1v) is 7.98. The molecule has 0 heterocycles. The Labute approximate surface area is 127 Å². The standard InChI is InChI=1S/C17H27N3O/c1-3-21-16-10-9-14(11-13(16)2)12-19-17(18)20-15-7-5-4-6-8-15/h9-11,15H,3-8,12H2,1-2H3,(H3,18,19,20). The van der Waals surface area contributed by atoms with E-state index in [-0.39, 0.29) is 0 Å². The third-order valence-electron chi connectivity index (χ3n) is 3.93. The fraction of sp³-hybridized carbons (Fsp3) is 0.588. The zero-order chi connectivity index (χ0) is 15.1. The van der Waals surface area contributed by atoms with Crippen LogP contribution in [0.4, 0.5) is 0 Å². The van der Waals surface area contributed by atoms with Crippen molar-refractivity contribution in [2.75, 3.05) is 6.61 Å². The lowest BCUT2D eigenvalue weighted by molar-refractivity contribution is 0.338. The summed E-state index contributed by atoms with van der Waals surface area (Å²) in [6.45, 7) is 5.35. The minimum atomic E-state index is 0.504. The van der Waals surface area contributed by atoms with E-state index in [0.29, 0.717) is 25.2 Å². The Morgan fingerprint density at radius 2 is 2.10 bits per heavy atom. The molecule has 1 aromatic rings. The largest absolute Gasteiger partial charge is 0.494 e. The Morgan fingerprint density at radius 3 is 2.76 bits per heavy atom. The van der Waals surface area contributed by atoms with Crippen LogP contribution in [0.1, 0.15) is 50.2 Å². The summed E-state index contributed by atoms with van der Waals surface area (Å²) in [4.78, 5) is 4.45. The molecule has 4 heteroatoms. The molecular weight excluding hydrogens is 262 g/mol. The summed E-state index contributed by atoms with van der Waals surface area (Å²) in [6, 6.07) is 6.68. The minimum absolute atomic E-state index is 0.504. The average Bonchev–Trinajstić information content (AvgIpc) is 2.49. The summed E-state index contributed by atoms with van der Waals surface area (Å²) in [5.74, 6) is 1.51. The van der Waals surface area contributed by atoms with Crippen molar-refractivity contribution in [1.29, 1.82) is 0 Å². The van der Waals surface area contributed by atoms with E-state index in [9.17, 15) is 0 Å². The number of benzene rings is 1. The van der Waals surface area contributed by atoms with Gasteiger partial charge in [0.25, 0.3) is 0 Å². The molecule has 1 saturated carbocycles. The van der Waals surface area contributed by atoms with E-state index < -0.39 is 0 Å². The molecule has 3 N–H and O–H groups in total. The highest BCUT2D eigenvalue weighted by atomic mass is 16.5. The van der Waals surface area contributed by atoms with Crippen molar-refractivity contribution in [2.24, 2.45) is 10.7 Å². The van der Waals surface area contributed by atoms with Gasteiger partial charge in [-0.15, -0.1) is 0 Å². The van der Waals surface area contributed by atoms with Crippen molar-refractivity contribution in [3.63, 3.8) is 0 Å². The number of hydrogen-bond acceptors (Lipinski definition) is 2. The van der Waals surface area contributed by atoms with E-state index in [4.69, 9.17) is 10.5 Å². The maximum atomic E-state index is 5.98. The van der Waals surface area contributed by atoms with Crippen LogP contribution in [0.3, 0.4) is 0 Å². The molecule has 0 bridgehead atoms. The zero-order valence-corrected chi connectivity index (χ0v) is 13.2. The fourth-order valence-electron chi connectivity index (χ4n) is 2.81. The monoisotopic (exact) mass is 289 g/mol. The van der Waals surface area contributed by atoms with Crippen LogP contribution < -0.4 is 15.8 Å². The van der Waals surface area contributed by atoms with Crippen molar-refractivity contribution >= 4 is 5.96 Å². The number of aryl methyl sites for hydroxylation is 1. The predicted octanol–water partition coefficient (Wildman–Crippen LogP) is 3.13. The molecule has 4 nitrogen and oxygen atoms in total. The van der Waals surface area contributed by atoms with Gasteiger partial charge >= 0.3 is 0 Å². The molecule has 0 aliphatic heterocycles. The molecule has 116 valence electrons. The lowest BCUT2D eigenvalue weighted by Gasteiger charge is -2.23. The van der Waals surface area contributed by atoms with Gasteiger partial charge in [0.2, 0.25) is 0 Å². The Bertz CT molecular complexity index is 479. The third-order valence-corrected chi connectivity index (χ3v) is 3.93. The predicted molar refractivity (Wildman–Crippen MR) is 87.7 cm³/mol. The highest BCUT2D eigenvalue weighted by Gasteiger charge is 2.13. The Kier molecular flexibility index (Phi) is 5.90. The lowest BCUT2D eigenvalue weighted by Crippen LogP contribution is -2.41. The number of hydrogen-bond donors (Lipinski definition) is 2. The van der Waals surface area contributed by atoms with Crippen molar-refractivity contribution in [2.45, 2.75) is 58.5 Å². The van der Waals surface area contributed by atoms with Crippen molar-refractivity contribution in [3.8, 4) is 5.75 Å². The number of aliphatic imine (C=N–C) groups is 1. The molecule has 1 aliphatic carbocycles. The van der Waals surface area contributed by atoms with E-state index in [2.05, 4.69) is 29.4 Å². The summed E-state index contributed by atoms with van der Waals surface area (Å²) in [6.07, 6.45) is 6.35. The van der Waals surface area contributed by atoms with Crippen molar-refractivity contribution in [3.05, 3.63) is 29.3 Å². The van der Waals surface area contributed by atoms with Crippen LogP contribution in [0, 0.1) is 6.92 Å². The molecule has 1 aromatic carbocycles. The Morgan fingerprint density at radius 1 is 1.33 bits per heavy atom. The Balaban J connectivity index is 1.88.